The lowest BCUT2D eigenvalue weighted by atomic mass is 9.89. The van der Waals surface area contributed by atoms with Gasteiger partial charge in [0.25, 0.3) is 0 Å². The number of fused-ring (bicyclic) bond motifs is 2. The number of aliphatic hydroxyl groups is 1. The number of allylic oxidation sites excluding steroid dienone is 4. The van der Waals surface area contributed by atoms with Gasteiger partial charge in [0.15, 0.2) is 5.78 Å². The monoisotopic (exact) mass is 228 g/mol. The summed E-state index contributed by atoms with van der Waals surface area (Å²) in [6.45, 7) is 1.93. The summed E-state index contributed by atoms with van der Waals surface area (Å²) in [5.74, 6) is 0.290. The van der Waals surface area contributed by atoms with Crippen LogP contribution in [-0.2, 0) is 0 Å². The summed E-state index contributed by atoms with van der Waals surface area (Å²) < 4.78 is 0. The number of aromatic hydroxyl groups is 1. The molecule has 0 aromatic heterocycles. The number of benzene rings is 1. The Hall–Kier alpha value is -2.03. The van der Waals surface area contributed by atoms with Gasteiger partial charge in [-0.3, -0.25) is 4.79 Å². The van der Waals surface area contributed by atoms with Crippen LogP contribution in [-0.4, -0.2) is 16.0 Å². The highest BCUT2D eigenvalue weighted by molar-refractivity contribution is 6.22. The molecule has 0 spiro atoms. The van der Waals surface area contributed by atoms with Crippen LogP contribution in [0.1, 0.15) is 29.3 Å². The molecule has 3 rings (SSSR count). The van der Waals surface area contributed by atoms with Crippen molar-refractivity contribution in [2.24, 2.45) is 5.92 Å². The van der Waals surface area contributed by atoms with Crippen LogP contribution in [0, 0.1) is 5.92 Å². The van der Waals surface area contributed by atoms with Gasteiger partial charge in [-0.2, -0.15) is 0 Å². The molecule has 1 atom stereocenters. The maximum absolute atomic E-state index is 12.1. The molecule has 2 aliphatic carbocycles. The molecule has 0 saturated carbocycles. The summed E-state index contributed by atoms with van der Waals surface area (Å²) in [6.07, 6.45) is 2.23. The molecule has 86 valence electrons. The zero-order chi connectivity index (χ0) is 12.2. The zero-order valence-corrected chi connectivity index (χ0v) is 9.40. The minimum Gasteiger partial charge on any atom is -0.512 e. The van der Waals surface area contributed by atoms with Crippen LogP contribution in [0.4, 0.5) is 0 Å². The Kier molecular flexibility index (Phi) is 1.93. The SMILES string of the molecule is CC1CC2=C(C=C1O)C(=O)c1cc(O)ccc12. The van der Waals surface area contributed by atoms with Crippen LogP contribution >= 0.6 is 0 Å². The predicted octanol–water partition coefficient (Wildman–Crippen LogP) is 2.82. The Bertz CT molecular complexity index is 593. The molecule has 3 nitrogen and oxygen atoms in total. The number of phenols is 1. The predicted molar refractivity (Wildman–Crippen MR) is 63.9 cm³/mol. The minimum atomic E-state index is -0.107. The molecule has 0 bridgehead atoms. The summed E-state index contributed by atoms with van der Waals surface area (Å²) in [6, 6.07) is 4.85. The van der Waals surface area contributed by atoms with Crippen molar-refractivity contribution in [3.63, 3.8) is 0 Å². The fourth-order valence-electron chi connectivity index (χ4n) is 2.48. The highest BCUT2D eigenvalue weighted by atomic mass is 16.3. The van der Waals surface area contributed by atoms with Gasteiger partial charge in [0.2, 0.25) is 0 Å². The number of rotatable bonds is 0. The van der Waals surface area contributed by atoms with E-state index in [0.717, 1.165) is 11.1 Å². The second kappa shape index (κ2) is 3.23. The third kappa shape index (κ3) is 1.32. The smallest absolute Gasteiger partial charge is 0.194 e. The van der Waals surface area contributed by atoms with E-state index >= 15 is 0 Å². The molecule has 3 heteroatoms. The van der Waals surface area contributed by atoms with Crippen molar-refractivity contribution < 1.29 is 15.0 Å². The molecule has 0 saturated heterocycles. The van der Waals surface area contributed by atoms with E-state index in [-0.39, 0.29) is 23.2 Å². The number of carbonyl (C=O) groups excluding carboxylic acids is 1. The maximum Gasteiger partial charge on any atom is 0.194 e. The normalized spacial score (nSPS) is 22.3. The van der Waals surface area contributed by atoms with Gasteiger partial charge in [-0.1, -0.05) is 13.0 Å². The van der Waals surface area contributed by atoms with E-state index in [9.17, 15) is 15.0 Å². The van der Waals surface area contributed by atoms with Crippen LogP contribution in [0.5, 0.6) is 5.75 Å². The Morgan fingerprint density at radius 3 is 2.76 bits per heavy atom. The highest BCUT2D eigenvalue weighted by Gasteiger charge is 2.33. The standard InChI is InChI=1S/C14H12O3/c1-7-4-10-9-3-2-8(15)5-11(9)14(17)12(10)6-13(7)16/h2-3,5-7,15-16H,4H2,1H3. The number of aliphatic hydroxyl groups excluding tert-OH is 1. The first kappa shape index (κ1) is 10.1. The van der Waals surface area contributed by atoms with E-state index in [4.69, 9.17) is 0 Å². The van der Waals surface area contributed by atoms with Crippen molar-refractivity contribution in [3.8, 4) is 5.75 Å². The number of ketones is 1. The fraction of sp³-hybridized carbons (Fsp3) is 0.214. The molecule has 0 amide bonds. The molecule has 0 aliphatic heterocycles. The topological polar surface area (TPSA) is 57.5 Å². The lowest BCUT2D eigenvalue weighted by molar-refractivity contribution is 0.104. The average Bonchev–Trinajstić information content (AvgIpc) is 2.54. The van der Waals surface area contributed by atoms with Gasteiger partial charge in [-0.05, 0) is 35.8 Å². The van der Waals surface area contributed by atoms with Gasteiger partial charge in [0.1, 0.15) is 5.75 Å². The zero-order valence-electron chi connectivity index (χ0n) is 9.40. The second-order valence-corrected chi connectivity index (χ2v) is 4.63. The van der Waals surface area contributed by atoms with E-state index in [1.165, 1.54) is 6.07 Å². The van der Waals surface area contributed by atoms with Crippen molar-refractivity contribution in [2.75, 3.05) is 0 Å². The largest absolute Gasteiger partial charge is 0.512 e. The van der Waals surface area contributed by atoms with Gasteiger partial charge in [-0.25, -0.2) is 0 Å². The molecule has 0 radical (unpaired) electrons. The summed E-state index contributed by atoms with van der Waals surface area (Å²) >= 11 is 0. The Balaban J connectivity index is 2.20. The first-order valence-electron chi connectivity index (χ1n) is 5.59. The molecule has 0 fully saturated rings. The Morgan fingerprint density at radius 2 is 2.00 bits per heavy atom. The van der Waals surface area contributed by atoms with Crippen molar-refractivity contribution in [3.05, 3.63) is 46.7 Å². The first-order chi connectivity index (χ1) is 8.08. The third-order valence-electron chi connectivity index (χ3n) is 3.45. The van der Waals surface area contributed by atoms with Gasteiger partial charge in [-0.15, -0.1) is 0 Å². The molecule has 17 heavy (non-hydrogen) atoms. The molecule has 1 unspecified atom stereocenters. The average molecular weight is 228 g/mol. The van der Waals surface area contributed by atoms with Gasteiger partial charge in [0, 0.05) is 17.1 Å². The molecular formula is C14H12O3. The quantitative estimate of drug-likeness (QED) is 0.717. The summed E-state index contributed by atoms with van der Waals surface area (Å²) in [4.78, 5) is 12.1. The van der Waals surface area contributed by atoms with Crippen LogP contribution in [0.15, 0.2) is 35.6 Å². The highest BCUT2D eigenvalue weighted by Crippen LogP contribution is 2.42. The molecule has 1 aromatic rings. The van der Waals surface area contributed by atoms with E-state index in [1.807, 2.05) is 6.92 Å². The number of carbonyl (C=O) groups is 1. The van der Waals surface area contributed by atoms with Crippen molar-refractivity contribution in [1.82, 2.24) is 0 Å². The molecule has 1 aromatic carbocycles. The molecule has 2 N–H and O–H groups in total. The molecular weight excluding hydrogens is 216 g/mol. The Morgan fingerprint density at radius 1 is 1.24 bits per heavy atom. The maximum atomic E-state index is 12.1. The lowest BCUT2D eigenvalue weighted by Gasteiger charge is -2.17. The molecule has 0 heterocycles. The van der Waals surface area contributed by atoms with Gasteiger partial charge in [0.05, 0.1) is 5.76 Å². The fourth-order valence-corrected chi connectivity index (χ4v) is 2.48. The van der Waals surface area contributed by atoms with E-state index < -0.39 is 0 Å². The van der Waals surface area contributed by atoms with Crippen LogP contribution in [0.2, 0.25) is 0 Å². The van der Waals surface area contributed by atoms with Gasteiger partial charge < -0.3 is 10.2 Å². The van der Waals surface area contributed by atoms with Crippen LogP contribution < -0.4 is 0 Å². The van der Waals surface area contributed by atoms with Crippen LogP contribution in [0.3, 0.4) is 0 Å². The first-order valence-corrected chi connectivity index (χ1v) is 5.59. The summed E-state index contributed by atoms with van der Waals surface area (Å²) in [5.41, 5.74) is 2.98. The number of hydrogen-bond acceptors (Lipinski definition) is 3. The van der Waals surface area contributed by atoms with Crippen LogP contribution in [0.25, 0.3) is 5.57 Å². The number of hydrogen-bond donors (Lipinski definition) is 2. The van der Waals surface area contributed by atoms with E-state index in [0.29, 0.717) is 17.6 Å². The lowest BCUT2D eigenvalue weighted by Crippen LogP contribution is -2.07. The van der Waals surface area contributed by atoms with Gasteiger partial charge >= 0.3 is 0 Å². The third-order valence-corrected chi connectivity index (χ3v) is 3.45. The van der Waals surface area contributed by atoms with Crippen molar-refractivity contribution >= 4 is 11.4 Å². The molecule has 2 aliphatic rings. The summed E-state index contributed by atoms with van der Waals surface area (Å²) in [7, 11) is 0. The number of phenolic OH excluding ortho intramolecular Hbond substituents is 1. The van der Waals surface area contributed by atoms with E-state index in [2.05, 4.69) is 0 Å². The minimum absolute atomic E-state index is 0.0429. The van der Waals surface area contributed by atoms with Crippen molar-refractivity contribution in [1.29, 1.82) is 0 Å². The Labute approximate surface area is 98.7 Å². The second-order valence-electron chi connectivity index (χ2n) is 4.63. The van der Waals surface area contributed by atoms with Crippen molar-refractivity contribution in [2.45, 2.75) is 13.3 Å². The number of Topliss-reactive ketones (excluding diaryl/α,β-unsaturated/α-hetero) is 1. The van der Waals surface area contributed by atoms with E-state index in [1.54, 1.807) is 18.2 Å². The summed E-state index contributed by atoms with van der Waals surface area (Å²) in [5, 5.41) is 19.1.